The Kier molecular flexibility index (Phi) is 5.75. The van der Waals surface area contributed by atoms with Gasteiger partial charge < -0.3 is 10.2 Å². The van der Waals surface area contributed by atoms with Crippen LogP contribution in [0.1, 0.15) is 45.4 Å². The predicted octanol–water partition coefficient (Wildman–Crippen LogP) is 2.19. The van der Waals surface area contributed by atoms with Gasteiger partial charge in [0, 0.05) is 38.8 Å². The van der Waals surface area contributed by atoms with Crippen LogP contribution in [0.3, 0.4) is 0 Å². The monoisotopic (exact) mass is 290 g/mol. The van der Waals surface area contributed by atoms with Crippen molar-refractivity contribution >= 4 is 5.91 Å². The third kappa shape index (κ3) is 5.47. The summed E-state index contributed by atoms with van der Waals surface area (Å²) in [5, 5.41) is 11.1. The van der Waals surface area contributed by atoms with Crippen molar-refractivity contribution in [3.63, 3.8) is 0 Å². The van der Waals surface area contributed by atoms with Crippen molar-refractivity contribution < 1.29 is 4.79 Å². The smallest absolute Gasteiger partial charge is 0.220 e. The molecule has 116 valence electrons. The van der Waals surface area contributed by atoms with Crippen LogP contribution in [0.15, 0.2) is 10.2 Å². The van der Waals surface area contributed by atoms with Gasteiger partial charge in [0.15, 0.2) is 5.66 Å². The zero-order valence-corrected chi connectivity index (χ0v) is 13.0. The van der Waals surface area contributed by atoms with Crippen molar-refractivity contribution in [3.05, 3.63) is 0 Å². The Bertz CT molecular complexity index is 414. The van der Waals surface area contributed by atoms with E-state index in [1.807, 2.05) is 0 Å². The minimum absolute atomic E-state index is 0.0978. The van der Waals surface area contributed by atoms with E-state index in [0.717, 1.165) is 19.5 Å². The molecule has 5 heteroatoms. The van der Waals surface area contributed by atoms with Gasteiger partial charge in [0.05, 0.1) is 0 Å². The second-order valence-corrected chi connectivity index (χ2v) is 6.30. The van der Waals surface area contributed by atoms with Crippen molar-refractivity contribution in [2.45, 2.75) is 51.1 Å². The van der Waals surface area contributed by atoms with Crippen molar-refractivity contribution in [1.29, 1.82) is 0 Å². The summed E-state index contributed by atoms with van der Waals surface area (Å²) in [5.41, 5.74) is -0.342. The Labute approximate surface area is 127 Å². The molecule has 0 aromatic carbocycles. The maximum absolute atomic E-state index is 11.9. The summed E-state index contributed by atoms with van der Waals surface area (Å²) >= 11 is 0. The molecule has 0 aromatic heterocycles. The molecule has 1 amide bonds. The molecule has 2 heterocycles. The second kappa shape index (κ2) is 7.56. The van der Waals surface area contributed by atoms with E-state index in [-0.39, 0.29) is 11.6 Å². The van der Waals surface area contributed by atoms with Crippen molar-refractivity contribution in [3.8, 4) is 12.3 Å². The van der Waals surface area contributed by atoms with E-state index in [1.165, 1.54) is 25.9 Å². The summed E-state index contributed by atoms with van der Waals surface area (Å²) < 4.78 is 0. The largest absolute Gasteiger partial charge is 0.356 e. The molecule has 21 heavy (non-hydrogen) atoms. The van der Waals surface area contributed by atoms with Crippen LogP contribution in [0.4, 0.5) is 0 Å². The van der Waals surface area contributed by atoms with Gasteiger partial charge in [0.25, 0.3) is 0 Å². The lowest BCUT2D eigenvalue weighted by Gasteiger charge is -2.20. The topological polar surface area (TPSA) is 57.1 Å². The molecule has 1 fully saturated rings. The molecule has 1 N–H and O–H groups in total. The van der Waals surface area contributed by atoms with Gasteiger partial charge in [0.2, 0.25) is 5.91 Å². The molecule has 2 rings (SSSR count). The normalized spacial score (nSPS) is 21.0. The molecule has 1 saturated heterocycles. The highest BCUT2D eigenvalue weighted by atomic mass is 16.1. The Balaban J connectivity index is 1.56. The van der Waals surface area contributed by atoms with Gasteiger partial charge in [-0.3, -0.25) is 4.79 Å². The third-order valence-electron chi connectivity index (χ3n) is 4.22. The number of carbonyl (C=O) groups excluding carboxylic acids is 1. The van der Waals surface area contributed by atoms with Gasteiger partial charge in [0.1, 0.15) is 0 Å². The molecule has 2 aliphatic heterocycles. The zero-order chi connectivity index (χ0) is 15.1. The van der Waals surface area contributed by atoms with Crippen LogP contribution >= 0.6 is 0 Å². The molecule has 2 aliphatic rings. The predicted molar refractivity (Wildman–Crippen MR) is 82.7 cm³/mol. The summed E-state index contributed by atoms with van der Waals surface area (Å²) in [6.07, 6.45) is 10.5. The number of amides is 1. The van der Waals surface area contributed by atoms with Gasteiger partial charge >= 0.3 is 0 Å². The van der Waals surface area contributed by atoms with Crippen LogP contribution in [0, 0.1) is 18.3 Å². The summed E-state index contributed by atoms with van der Waals surface area (Å²) in [5.74, 6) is 3.20. The molecule has 0 bridgehead atoms. The Morgan fingerprint density at radius 3 is 2.71 bits per heavy atom. The van der Waals surface area contributed by atoms with Gasteiger partial charge in [-0.05, 0) is 31.8 Å². The molecule has 0 radical (unpaired) electrons. The van der Waals surface area contributed by atoms with Crippen LogP contribution in [-0.2, 0) is 4.79 Å². The Morgan fingerprint density at radius 1 is 1.38 bits per heavy atom. The molecule has 0 spiro atoms. The van der Waals surface area contributed by atoms with Gasteiger partial charge in [-0.1, -0.05) is 6.92 Å². The quantitative estimate of drug-likeness (QED) is 0.662. The summed E-state index contributed by atoms with van der Waals surface area (Å²) in [4.78, 5) is 14.4. The Morgan fingerprint density at radius 2 is 2.10 bits per heavy atom. The first-order chi connectivity index (χ1) is 10.1. The maximum atomic E-state index is 11.9. The number of likely N-dealkylation sites (tertiary alicyclic amines) is 1. The lowest BCUT2D eigenvalue weighted by atomic mass is 10.0. The van der Waals surface area contributed by atoms with Crippen LogP contribution in [0.25, 0.3) is 0 Å². The molecular formula is C16H26N4O. The van der Waals surface area contributed by atoms with E-state index in [4.69, 9.17) is 6.42 Å². The third-order valence-corrected chi connectivity index (χ3v) is 4.22. The van der Waals surface area contributed by atoms with E-state index in [0.29, 0.717) is 25.2 Å². The van der Waals surface area contributed by atoms with Crippen molar-refractivity contribution in [1.82, 2.24) is 10.2 Å². The molecule has 0 aliphatic carbocycles. The number of hydrogen-bond acceptors (Lipinski definition) is 4. The summed E-state index contributed by atoms with van der Waals surface area (Å²) in [6, 6.07) is 0. The van der Waals surface area contributed by atoms with Crippen molar-refractivity contribution in [2.24, 2.45) is 16.1 Å². The number of hydrogen-bond donors (Lipinski definition) is 1. The van der Waals surface area contributed by atoms with Gasteiger partial charge in [-0.2, -0.15) is 10.2 Å². The lowest BCUT2D eigenvalue weighted by molar-refractivity contribution is -0.121. The molecule has 0 saturated carbocycles. The molecular weight excluding hydrogens is 264 g/mol. The average Bonchev–Trinajstić information content (AvgIpc) is 3.07. The summed E-state index contributed by atoms with van der Waals surface area (Å²) in [7, 11) is 0. The maximum Gasteiger partial charge on any atom is 0.220 e. The fourth-order valence-corrected chi connectivity index (χ4v) is 2.83. The minimum Gasteiger partial charge on any atom is -0.356 e. The highest BCUT2D eigenvalue weighted by Gasteiger charge is 2.39. The second-order valence-electron chi connectivity index (χ2n) is 6.30. The van der Waals surface area contributed by atoms with E-state index >= 15 is 0 Å². The molecule has 1 atom stereocenters. The zero-order valence-electron chi connectivity index (χ0n) is 13.0. The van der Waals surface area contributed by atoms with E-state index in [1.54, 1.807) is 0 Å². The number of carbonyl (C=O) groups is 1. The first-order valence-corrected chi connectivity index (χ1v) is 8.00. The van der Waals surface area contributed by atoms with Crippen LogP contribution in [-0.4, -0.2) is 42.6 Å². The molecule has 5 nitrogen and oxygen atoms in total. The number of rotatable bonds is 9. The van der Waals surface area contributed by atoms with E-state index in [2.05, 4.69) is 33.3 Å². The number of terminal acetylenes is 1. The van der Waals surface area contributed by atoms with Crippen LogP contribution in [0.2, 0.25) is 0 Å². The van der Waals surface area contributed by atoms with Crippen LogP contribution in [0.5, 0.6) is 0 Å². The highest BCUT2D eigenvalue weighted by molar-refractivity contribution is 5.76. The van der Waals surface area contributed by atoms with Gasteiger partial charge in [-0.25, -0.2) is 0 Å². The lowest BCUT2D eigenvalue weighted by Crippen LogP contribution is -2.34. The fourth-order valence-electron chi connectivity index (χ4n) is 2.83. The first kappa shape index (κ1) is 16.0. The number of nitrogens with zero attached hydrogens (tertiary/aromatic N) is 3. The molecule has 0 aromatic rings. The highest BCUT2D eigenvalue weighted by Crippen LogP contribution is 2.37. The standard InChI is InChI=1S/C16H26N4O/c1-3-4-8-16(18-19-16)9-7-15(21)17-12-14(2)13-20-10-5-6-11-20/h1,14H,4-13H2,2H3,(H,17,21). The Hall–Kier alpha value is -1.41. The average molecular weight is 290 g/mol. The van der Waals surface area contributed by atoms with Crippen molar-refractivity contribution in [2.75, 3.05) is 26.2 Å². The van der Waals surface area contributed by atoms with Crippen LogP contribution < -0.4 is 5.32 Å². The van der Waals surface area contributed by atoms with E-state index in [9.17, 15) is 4.79 Å². The summed E-state index contributed by atoms with van der Waals surface area (Å²) in [6.45, 7) is 6.44. The SMILES string of the molecule is C#CCCC1(CCC(=O)NCC(C)CN2CCCC2)N=N1. The minimum atomic E-state index is -0.342. The van der Waals surface area contributed by atoms with E-state index < -0.39 is 0 Å². The number of nitrogens with one attached hydrogen (secondary N) is 1. The molecule has 1 unspecified atom stereocenters. The van der Waals surface area contributed by atoms with Gasteiger partial charge in [-0.15, -0.1) is 12.3 Å². The fraction of sp³-hybridized carbons (Fsp3) is 0.812. The first-order valence-electron chi connectivity index (χ1n) is 8.00.